The van der Waals surface area contributed by atoms with Gasteiger partial charge in [0.1, 0.15) is 5.82 Å². The molecule has 28 heavy (non-hydrogen) atoms. The molecule has 3 heterocycles. The van der Waals surface area contributed by atoms with Crippen molar-refractivity contribution in [2.24, 2.45) is 5.41 Å². The summed E-state index contributed by atoms with van der Waals surface area (Å²) in [6, 6.07) is 15.8. The van der Waals surface area contributed by atoms with Crippen molar-refractivity contribution in [1.29, 1.82) is 0 Å². The number of carbonyl (C=O) groups is 1. The molecule has 2 aliphatic heterocycles. The predicted octanol–water partition coefficient (Wildman–Crippen LogP) is 4.29. The zero-order valence-corrected chi connectivity index (χ0v) is 15.5. The lowest BCUT2D eigenvalue weighted by molar-refractivity contribution is 0.0767. The van der Waals surface area contributed by atoms with Gasteiger partial charge in [-0.05, 0) is 49.2 Å². The second-order valence-corrected chi connectivity index (χ2v) is 7.86. The fourth-order valence-electron chi connectivity index (χ4n) is 4.37. The van der Waals surface area contributed by atoms with E-state index in [0.29, 0.717) is 11.3 Å². The van der Waals surface area contributed by atoms with Crippen LogP contribution in [0.4, 0.5) is 4.39 Å². The van der Waals surface area contributed by atoms with Crippen molar-refractivity contribution in [3.05, 3.63) is 66.0 Å². The quantitative estimate of drug-likeness (QED) is 0.670. The van der Waals surface area contributed by atoms with Crippen molar-refractivity contribution in [3.8, 4) is 11.3 Å². The van der Waals surface area contributed by atoms with Crippen molar-refractivity contribution < 1.29 is 13.9 Å². The second kappa shape index (κ2) is 6.67. The number of fused-ring (bicyclic) bond motifs is 1. The van der Waals surface area contributed by atoms with Gasteiger partial charge in [-0.15, -0.1) is 0 Å². The molecule has 0 saturated carbocycles. The number of aromatic nitrogens is 1. The van der Waals surface area contributed by atoms with E-state index in [4.69, 9.17) is 9.72 Å². The number of benzene rings is 2. The smallest absolute Gasteiger partial charge is 0.254 e. The SMILES string of the molecule is O=C(c1cc(-c2ccc(F)cc2)nc2ccccc12)N1CC[C@@]2(CCOC2)C1. The number of ether oxygens (including phenoxy) is 1. The van der Waals surface area contributed by atoms with Crippen LogP contribution >= 0.6 is 0 Å². The number of nitrogens with zero attached hydrogens (tertiary/aromatic N) is 2. The Morgan fingerprint density at radius 1 is 1.11 bits per heavy atom. The molecule has 5 rings (SSSR count). The van der Waals surface area contributed by atoms with E-state index in [2.05, 4.69) is 0 Å². The lowest BCUT2D eigenvalue weighted by Crippen LogP contribution is -2.32. The molecule has 3 aromatic rings. The summed E-state index contributed by atoms with van der Waals surface area (Å²) in [6.07, 6.45) is 2.02. The Kier molecular flexibility index (Phi) is 4.13. The Hall–Kier alpha value is -2.79. The van der Waals surface area contributed by atoms with Crippen LogP contribution < -0.4 is 0 Å². The molecule has 1 atom stereocenters. The molecule has 1 aromatic heterocycles. The molecule has 2 aromatic carbocycles. The van der Waals surface area contributed by atoms with E-state index < -0.39 is 0 Å². The Morgan fingerprint density at radius 2 is 1.93 bits per heavy atom. The Labute approximate surface area is 162 Å². The Bertz CT molecular complexity index is 1040. The maximum absolute atomic E-state index is 13.4. The summed E-state index contributed by atoms with van der Waals surface area (Å²) >= 11 is 0. The first kappa shape index (κ1) is 17.3. The van der Waals surface area contributed by atoms with Gasteiger partial charge in [-0.2, -0.15) is 0 Å². The number of pyridine rings is 1. The standard InChI is InChI=1S/C23H21FN2O2/c24-17-7-5-16(6-8-17)21-13-19(18-3-1-2-4-20(18)25-21)22(27)26-11-9-23(14-26)10-12-28-15-23/h1-8,13H,9-12,14-15H2/t23-/m1/s1. The van der Waals surface area contributed by atoms with Crippen LogP contribution in [0.2, 0.25) is 0 Å². The highest BCUT2D eigenvalue weighted by Crippen LogP contribution is 2.39. The molecule has 0 bridgehead atoms. The monoisotopic (exact) mass is 376 g/mol. The van der Waals surface area contributed by atoms with E-state index in [9.17, 15) is 9.18 Å². The highest BCUT2D eigenvalue weighted by atomic mass is 19.1. The maximum atomic E-state index is 13.4. The van der Waals surface area contributed by atoms with E-state index in [0.717, 1.165) is 55.6 Å². The van der Waals surface area contributed by atoms with Crippen LogP contribution in [0.3, 0.4) is 0 Å². The molecule has 2 fully saturated rings. The van der Waals surface area contributed by atoms with E-state index >= 15 is 0 Å². The molecular formula is C23H21FN2O2. The van der Waals surface area contributed by atoms with Gasteiger partial charge in [0, 0.05) is 36.1 Å². The average Bonchev–Trinajstić information content (AvgIpc) is 3.37. The summed E-state index contributed by atoms with van der Waals surface area (Å²) in [6.45, 7) is 3.03. The van der Waals surface area contributed by atoms with E-state index in [-0.39, 0.29) is 17.1 Å². The molecular weight excluding hydrogens is 355 g/mol. The van der Waals surface area contributed by atoms with Crippen molar-refractivity contribution >= 4 is 16.8 Å². The summed E-state index contributed by atoms with van der Waals surface area (Å²) in [5.74, 6) is -0.257. The van der Waals surface area contributed by atoms with Crippen molar-refractivity contribution in [2.45, 2.75) is 12.8 Å². The number of likely N-dealkylation sites (tertiary alicyclic amines) is 1. The van der Waals surface area contributed by atoms with Crippen LogP contribution in [-0.4, -0.2) is 42.1 Å². The fourth-order valence-corrected chi connectivity index (χ4v) is 4.37. The van der Waals surface area contributed by atoms with Crippen LogP contribution in [0.5, 0.6) is 0 Å². The minimum absolute atomic E-state index is 0.0331. The van der Waals surface area contributed by atoms with Crippen LogP contribution in [-0.2, 0) is 4.74 Å². The van der Waals surface area contributed by atoms with Gasteiger partial charge in [0.15, 0.2) is 0 Å². The highest BCUT2D eigenvalue weighted by Gasteiger charge is 2.43. The molecule has 142 valence electrons. The summed E-state index contributed by atoms with van der Waals surface area (Å²) in [5.41, 5.74) is 3.02. The molecule has 2 saturated heterocycles. The first-order chi connectivity index (χ1) is 13.6. The predicted molar refractivity (Wildman–Crippen MR) is 106 cm³/mol. The summed E-state index contributed by atoms with van der Waals surface area (Å²) in [5, 5.41) is 0.849. The number of para-hydroxylation sites is 1. The van der Waals surface area contributed by atoms with Gasteiger partial charge in [0.05, 0.1) is 23.4 Å². The van der Waals surface area contributed by atoms with E-state index in [1.54, 1.807) is 12.1 Å². The van der Waals surface area contributed by atoms with Gasteiger partial charge in [-0.3, -0.25) is 4.79 Å². The number of carbonyl (C=O) groups excluding carboxylic acids is 1. The van der Waals surface area contributed by atoms with Crippen LogP contribution in [0.1, 0.15) is 23.2 Å². The van der Waals surface area contributed by atoms with Gasteiger partial charge in [0.25, 0.3) is 5.91 Å². The number of rotatable bonds is 2. The molecule has 0 unspecified atom stereocenters. The minimum atomic E-state index is -0.290. The minimum Gasteiger partial charge on any atom is -0.381 e. The van der Waals surface area contributed by atoms with Crippen LogP contribution in [0.15, 0.2) is 54.6 Å². The first-order valence-electron chi connectivity index (χ1n) is 9.66. The topological polar surface area (TPSA) is 42.4 Å². The molecule has 0 aliphatic carbocycles. The lowest BCUT2D eigenvalue weighted by atomic mass is 9.87. The van der Waals surface area contributed by atoms with Crippen LogP contribution in [0, 0.1) is 11.2 Å². The second-order valence-electron chi connectivity index (χ2n) is 7.86. The summed E-state index contributed by atoms with van der Waals surface area (Å²) in [4.78, 5) is 20.1. The lowest BCUT2D eigenvalue weighted by Gasteiger charge is -2.22. The van der Waals surface area contributed by atoms with Gasteiger partial charge in [0.2, 0.25) is 0 Å². The highest BCUT2D eigenvalue weighted by molar-refractivity contribution is 6.07. The normalized spacial score (nSPS) is 21.7. The van der Waals surface area contributed by atoms with Crippen molar-refractivity contribution in [2.75, 3.05) is 26.3 Å². The zero-order chi connectivity index (χ0) is 19.1. The molecule has 4 nitrogen and oxygen atoms in total. The van der Waals surface area contributed by atoms with Gasteiger partial charge in [-0.1, -0.05) is 18.2 Å². The zero-order valence-electron chi connectivity index (χ0n) is 15.5. The van der Waals surface area contributed by atoms with Gasteiger partial charge < -0.3 is 9.64 Å². The van der Waals surface area contributed by atoms with E-state index in [1.165, 1.54) is 12.1 Å². The van der Waals surface area contributed by atoms with Crippen LogP contribution in [0.25, 0.3) is 22.2 Å². The first-order valence-corrected chi connectivity index (χ1v) is 9.66. The van der Waals surface area contributed by atoms with Gasteiger partial charge >= 0.3 is 0 Å². The molecule has 0 radical (unpaired) electrons. The molecule has 2 aliphatic rings. The average molecular weight is 376 g/mol. The molecule has 1 amide bonds. The Morgan fingerprint density at radius 3 is 2.71 bits per heavy atom. The number of hydrogen-bond donors (Lipinski definition) is 0. The largest absolute Gasteiger partial charge is 0.381 e. The van der Waals surface area contributed by atoms with Crippen molar-refractivity contribution in [1.82, 2.24) is 9.88 Å². The summed E-state index contributed by atoms with van der Waals surface area (Å²) < 4.78 is 18.9. The number of amides is 1. The fraction of sp³-hybridized carbons (Fsp3) is 0.304. The van der Waals surface area contributed by atoms with E-state index in [1.807, 2.05) is 35.2 Å². The molecule has 5 heteroatoms. The third-order valence-corrected chi connectivity index (χ3v) is 6.00. The maximum Gasteiger partial charge on any atom is 0.254 e. The Balaban J connectivity index is 1.56. The third-order valence-electron chi connectivity index (χ3n) is 6.00. The molecule has 1 spiro atoms. The van der Waals surface area contributed by atoms with Gasteiger partial charge in [-0.25, -0.2) is 9.37 Å². The molecule has 0 N–H and O–H groups in total. The number of hydrogen-bond acceptors (Lipinski definition) is 3. The summed E-state index contributed by atoms with van der Waals surface area (Å²) in [7, 11) is 0. The number of halogens is 1. The van der Waals surface area contributed by atoms with Crippen molar-refractivity contribution in [3.63, 3.8) is 0 Å². The third kappa shape index (κ3) is 2.96.